The fraction of sp³-hybridized carbons (Fsp3) is 0.125. The van der Waals surface area contributed by atoms with Crippen LogP contribution in [0.1, 0.15) is 11.3 Å². The van der Waals surface area contributed by atoms with Gasteiger partial charge in [0, 0.05) is 36.8 Å². The van der Waals surface area contributed by atoms with Gasteiger partial charge in [-0.1, -0.05) is 48.5 Å². The van der Waals surface area contributed by atoms with Crippen LogP contribution in [0.25, 0.3) is 27.7 Å². The molecule has 0 bridgehead atoms. The van der Waals surface area contributed by atoms with Crippen LogP contribution < -0.4 is 11.0 Å². The van der Waals surface area contributed by atoms with Gasteiger partial charge in [-0.05, 0) is 41.0 Å². The number of benzene rings is 2. The van der Waals surface area contributed by atoms with E-state index in [-0.39, 0.29) is 5.69 Å². The summed E-state index contributed by atoms with van der Waals surface area (Å²) in [5.41, 5.74) is 5.73. The predicted molar refractivity (Wildman–Crippen MR) is 118 cm³/mol. The summed E-state index contributed by atoms with van der Waals surface area (Å²) in [6, 6.07) is 24.4. The first-order chi connectivity index (χ1) is 14.8. The van der Waals surface area contributed by atoms with Crippen LogP contribution >= 0.6 is 0 Å². The van der Waals surface area contributed by atoms with Crippen LogP contribution in [0.2, 0.25) is 0 Å². The quantitative estimate of drug-likeness (QED) is 0.431. The summed E-state index contributed by atoms with van der Waals surface area (Å²) in [6.45, 7) is 1.69. The summed E-state index contributed by atoms with van der Waals surface area (Å²) in [6.07, 6.45) is 2.74. The monoisotopic (exact) mass is 395 g/mol. The topological polar surface area (TPSA) is 75.1 Å². The molecule has 6 heteroatoms. The van der Waals surface area contributed by atoms with E-state index in [0.717, 1.165) is 47.2 Å². The smallest absolute Gasteiger partial charge is 0.312 e. The molecular formula is C24H21N5O. The maximum Gasteiger partial charge on any atom is 0.348 e. The Morgan fingerprint density at radius 1 is 0.967 bits per heavy atom. The van der Waals surface area contributed by atoms with E-state index >= 15 is 0 Å². The molecule has 5 rings (SSSR count). The Morgan fingerprint density at radius 3 is 2.63 bits per heavy atom. The molecule has 6 nitrogen and oxygen atoms in total. The molecule has 148 valence electrons. The van der Waals surface area contributed by atoms with Crippen molar-refractivity contribution < 1.29 is 0 Å². The van der Waals surface area contributed by atoms with Crippen LogP contribution in [-0.4, -0.2) is 26.1 Å². The molecule has 0 spiro atoms. The average Bonchev–Trinajstić information content (AvgIpc) is 3.18. The van der Waals surface area contributed by atoms with Crippen LogP contribution in [0.15, 0.2) is 83.8 Å². The van der Waals surface area contributed by atoms with E-state index in [2.05, 4.69) is 44.8 Å². The highest BCUT2D eigenvalue weighted by Crippen LogP contribution is 2.29. The lowest BCUT2D eigenvalue weighted by Gasteiger charge is -2.10. The van der Waals surface area contributed by atoms with Crippen LogP contribution in [0, 0.1) is 0 Å². The second-order valence-electron chi connectivity index (χ2n) is 7.24. The van der Waals surface area contributed by atoms with Crippen LogP contribution in [0.5, 0.6) is 0 Å². The second kappa shape index (κ2) is 7.93. The van der Waals surface area contributed by atoms with Crippen molar-refractivity contribution in [2.75, 3.05) is 6.54 Å². The van der Waals surface area contributed by atoms with Gasteiger partial charge in [-0.2, -0.15) is 5.10 Å². The van der Waals surface area contributed by atoms with Gasteiger partial charge in [0.05, 0.1) is 5.52 Å². The molecule has 0 aliphatic heterocycles. The number of H-pyrrole nitrogens is 1. The number of para-hydroxylation sites is 1. The Kier molecular flexibility index (Phi) is 4.83. The molecule has 0 unspecified atom stereocenters. The SMILES string of the molecule is O=c1[nH]nc2cc(-c3ccc(CNCCc4ccccn4)cc3)c3ccccc3n12. The highest BCUT2D eigenvalue weighted by Gasteiger charge is 2.11. The van der Waals surface area contributed by atoms with Gasteiger partial charge in [-0.25, -0.2) is 14.3 Å². The van der Waals surface area contributed by atoms with Gasteiger partial charge in [-0.15, -0.1) is 0 Å². The lowest BCUT2D eigenvalue weighted by Crippen LogP contribution is -2.17. The normalized spacial score (nSPS) is 11.3. The van der Waals surface area contributed by atoms with Crippen LogP contribution in [-0.2, 0) is 13.0 Å². The predicted octanol–water partition coefficient (Wildman–Crippen LogP) is 3.57. The van der Waals surface area contributed by atoms with Crippen molar-refractivity contribution >= 4 is 16.6 Å². The second-order valence-corrected chi connectivity index (χ2v) is 7.24. The fourth-order valence-corrected chi connectivity index (χ4v) is 3.78. The number of nitrogens with one attached hydrogen (secondary N) is 2. The number of hydrogen-bond acceptors (Lipinski definition) is 4. The molecule has 30 heavy (non-hydrogen) atoms. The first-order valence-corrected chi connectivity index (χ1v) is 9.98. The Balaban J connectivity index is 1.36. The van der Waals surface area contributed by atoms with Gasteiger partial charge in [-0.3, -0.25) is 4.98 Å². The van der Waals surface area contributed by atoms with Gasteiger partial charge in [0.25, 0.3) is 0 Å². The highest BCUT2D eigenvalue weighted by atomic mass is 16.1. The lowest BCUT2D eigenvalue weighted by atomic mass is 10.00. The number of fused-ring (bicyclic) bond motifs is 3. The van der Waals surface area contributed by atoms with Crippen LogP contribution in [0.3, 0.4) is 0 Å². The number of rotatable bonds is 6. The fourth-order valence-electron chi connectivity index (χ4n) is 3.78. The number of aromatic amines is 1. The van der Waals surface area contributed by atoms with Crippen molar-refractivity contribution in [3.05, 3.63) is 101 Å². The minimum absolute atomic E-state index is 0.222. The molecule has 3 aromatic heterocycles. The molecule has 0 saturated heterocycles. The van der Waals surface area contributed by atoms with E-state index in [1.54, 1.807) is 4.40 Å². The summed E-state index contributed by atoms with van der Waals surface area (Å²) in [7, 11) is 0. The maximum atomic E-state index is 12.1. The maximum absolute atomic E-state index is 12.1. The largest absolute Gasteiger partial charge is 0.348 e. The van der Waals surface area contributed by atoms with E-state index in [1.165, 1.54) is 5.56 Å². The summed E-state index contributed by atoms with van der Waals surface area (Å²) in [5, 5.41) is 11.2. The van der Waals surface area contributed by atoms with Gasteiger partial charge in [0.1, 0.15) is 0 Å². The molecule has 0 saturated carbocycles. The zero-order valence-corrected chi connectivity index (χ0v) is 16.4. The van der Waals surface area contributed by atoms with Gasteiger partial charge < -0.3 is 5.32 Å². The molecule has 0 fully saturated rings. The van der Waals surface area contributed by atoms with E-state index in [4.69, 9.17) is 0 Å². The molecule has 3 heterocycles. The number of nitrogens with zero attached hydrogens (tertiary/aromatic N) is 3. The van der Waals surface area contributed by atoms with Crippen molar-refractivity contribution in [3.8, 4) is 11.1 Å². The molecule has 0 amide bonds. The van der Waals surface area contributed by atoms with Gasteiger partial charge >= 0.3 is 5.69 Å². The highest BCUT2D eigenvalue weighted by molar-refractivity contribution is 5.97. The molecule has 0 atom stereocenters. The molecule has 5 aromatic rings. The van der Waals surface area contributed by atoms with Crippen molar-refractivity contribution in [2.45, 2.75) is 13.0 Å². The Labute approximate surface area is 173 Å². The molecule has 2 N–H and O–H groups in total. The summed E-state index contributed by atoms with van der Waals surface area (Å²) in [5.74, 6) is 0. The van der Waals surface area contributed by atoms with Crippen molar-refractivity contribution in [1.82, 2.24) is 24.9 Å². The summed E-state index contributed by atoms with van der Waals surface area (Å²) < 4.78 is 1.61. The summed E-state index contributed by atoms with van der Waals surface area (Å²) >= 11 is 0. The van der Waals surface area contributed by atoms with Crippen molar-refractivity contribution in [1.29, 1.82) is 0 Å². The Morgan fingerprint density at radius 2 is 1.80 bits per heavy atom. The molecule has 0 aliphatic carbocycles. The lowest BCUT2D eigenvalue weighted by molar-refractivity contribution is 0.680. The zero-order valence-electron chi connectivity index (χ0n) is 16.4. The van der Waals surface area contributed by atoms with Gasteiger partial charge in [0.2, 0.25) is 0 Å². The van der Waals surface area contributed by atoms with E-state index in [1.807, 2.05) is 54.7 Å². The number of pyridine rings is 2. The first kappa shape index (κ1) is 18.3. The minimum Gasteiger partial charge on any atom is -0.312 e. The third kappa shape index (κ3) is 3.49. The minimum atomic E-state index is -0.222. The summed E-state index contributed by atoms with van der Waals surface area (Å²) in [4.78, 5) is 16.5. The number of hydrogen-bond donors (Lipinski definition) is 2. The third-order valence-corrected chi connectivity index (χ3v) is 5.28. The average molecular weight is 395 g/mol. The standard InChI is InChI=1S/C24H21N5O/c30-24-28-27-23-15-21(20-6-1-2-7-22(20)29(23)24)18-10-8-17(9-11-18)16-25-14-12-19-5-3-4-13-26-19/h1-11,13,15,25H,12,14,16H2,(H,28,30). The van der Waals surface area contributed by atoms with E-state index in [9.17, 15) is 4.79 Å². The van der Waals surface area contributed by atoms with Crippen molar-refractivity contribution in [2.24, 2.45) is 0 Å². The van der Waals surface area contributed by atoms with E-state index < -0.39 is 0 Å². The number of aromatic nitrogens is 4. The van der Waals surface area contributed by atoms with Crippen LogP contribution in [0.4, 0.5) is 0 Å². The third-order valence-electron chi connectivity index (χ3n) is 5.28. The first-order valence-electron chi connectivity index (χ1n) is 9.98. The Bertz CT molecular complexity index is 1350. The van der Waals surface area contributed by atoms with Gasteiger partial charge in [0.15, 0.2) is 5.65 Å². The molecule has 2 aromatic carbocycles. The van der Waals surface area contributed by atoms with E-state index in [0.29, 0.717) is 5.65 Å². The van der Waals surface area contributed by atoms with Crippen molar-refractivity contribution in [3.63, 3.8) is 0 Å². The molecule has 0 aliphatic rings. The zero-order chi connectivity index (χ0) is 20.3. The molecular weight excluding hydrogens is 374 g/mol. The molecule has 0 radical (unpaired) electrons. The Hall–Kier alpha value is -3.77.